The highest BCUT2D eigenvalue weighted by Gasteiger charge is 2.31. The average molecular weight is 300 g/mol. The summed E-state index contributed by atoms with van der Waals surface area (Å²) in [5.41, 5.74) is 0.670. The quantitative estimate of drug-likeness (QED) is 0.767. The van der Waals surface area contributed by atoms with Crippen LogP contribution >= 0.6 is 0 Å². The van der Waals surface area contributed by atoms with Gasteiger partial charge in [0.25, 0.3) is 0 Å². The maximum absolute atomic E-state index is 11.9. The summed E-state index contributed by atoms with van der Waals surface area (Å²) in [5, 5.41) is 0. The Morgan fingerprint density at radius 3 is 2.64 bits per heavy atom. The summed E-state index contributed by atoms with van der Waals surface area (Å²) < 4.78 is 15.8. The molecule has 0 unspecified atom stereocenters. The normalized spacial score (nSPS) is 13.6. The number of ether oxygens (including phenoxy) is 2. The molecule has 1 fully saturated rings. The third-order valence-corrected chi connectivity index (χ3v) is 3.36. The molecule has 5 heteroatoms. The Labute approximate surface area is 127 Å². The summed E-state index contributed by atoms with van der Waals surface area (Å²) in [6, 6.07) is 10.8. The van der Waals surface area contributed by atoms with E-state index in [0.717, 1.165) is 18.4 Å². The standard InChI is InChI=1S/C17H16O5/c18-15-8-14(10-22-17(19)13-6-7-13)20-11-16(15)21-9-12-4-2-1-3-5-12/h1-5,8,11,13H,6-7,9-10H2. The number of hydrogen-bond donors (Lipinski definition) is 0. The van der Waals surface area contributed by atoms with Crippen molar-refractivity contribution in [3.05, 3.63) is 64.2 Å². The smallest absolute Gasteiger partial charge is 0.309 e. The molecule has 0 N–H and O–H groups in total. The van der Waals surface area contributed by atoms with Crippen molar-refractivity contribution in [3.8, 4) is 5.75 Å². The van der Waals surface area contributed by atoms with E-state index in [2.05, 4.69) is 0 Å². The zero-order valence-electron chi connectivity index (χ0n) is 12.0. The van der Waals surface area contributed by atoms with Gasteiger partial charge >= 0.3 is 5.97 Å². The number of hydrogen-bond acceptors (Lipinski definition) is 5. The first-order valence-electron chi connectivity index (χ1n) is 7.17. The Hall–Kier alpha value is -2.56. The predicted octanol–water partition coefficient (Wildman–Crippen LogP) is 2.67. The minimum Gasteiger partial charge on any atom is -0.482 e. The van der Waals surface area contributed by atoms with E-state index in [1.165, 1.54) is 12.3 Å². The Kier molecular flexibility index (Phi) is 4.23. The summed E-state index contributed by atoms with van der Waals surface area (Å²) in [5.74, 6) is 0.249. The molecule has 1 aliphatic rings. The number of benzene rings is 1. The van der Waals surface area contributed by atoms with Gasteiger partial charge in [-0.15, -0.1) is 0 Å². The average Bonchev–Trinajstić information content (AvgIpc) is 3.37. The molecular formula is C17H16O5. The molecule has 0 amide bonds. The molecule has 0 spiro atoms. The van der Waals surface area contributed by atoms with Crippen LogP contribution in [-0.2, 0) is 22.7 Å². The van der Waals surface area contributed by atoms with Crippen LogP contribution in [0, 0.1) is 5.92 Å². The van der Waals surface area contributed by atoms with Crippen LogP contribution in [0.4, 0.5) is 0 Å². The van der Waals surface area contributed by atoms with Gasteiger partial charge in [-0.05, 0) is 18.4 Å². The lowest BCUT2D eigenvalue weighted by Gasteiger charge is -2.06. The van der Waals surface area contributed by atoms with E-state index in [9.17, 15) is 9.59 Å². The summed E-state index contributed by atoms with van der Waals surface area (Å²) in [7, 11) is 0. The van der Waals surface area contributed by atoms with Crippen LogP contribution in [0.25, 0.3) is 0 Å². The van der Waals surface area contributed by atoms with E-state index >= 15 is 0 Å². The molecule has 1 aromatic carbocycles. The van der Waals surface area contributed by atoms with Crippen LogP contribution in [-0.4, -0.2) is 5.97 Å². The Morgan fingerprint density at radius 1 is 1.18 bits per heavy atom. The first-order chi connectivity index (χ1) is 10.7. The van der Waals surface area contributed by atoms with Crippen molar-refractivity contribution in [2.75, 3.05) is 0 Å². The summed E-state index contributed by atoms with van der Waals surface area (Å²) in [4.78, 5) is 23.3. The largest absolute Gasteiger partial charge is 0.482 e. The summed E-state index contributed by atoms with van der Waals surface area (Å²) >= 11 is 0. The predicted molar refractivity (Wildman–Crippen MR) is 78.3 cm³/mol. The molecule has 0 saturated heterocycles. The zero-order valence-corrected chi connectivity index (χ0v) is 12.0. The van der Waals surface area contributed by atoms with Crippen molar-refractivity contribution in [1.29, 1.82) is 0 Å². The second-order valence-corrected chi connectivity index (χ2v) is 5.23. The van der Waals surface area contributed by atoms with Gasteiger partial charge in [-0.1, -0.05) is 30.3 Å². The van der Waals surface area contributed by atoms with Gasteiger partial charge in [0, 0.05) is 6.07 Å². The van der Waals surface area contributed by atoms with Gasteiger partial charge in [-0.2, -0.15) is 0 Å². The van der Waals surface area contributed by atoms with Gasteiger partial charge in [-0.3, -0.25) is 9.59 Å². The van der Waals surface area contributed by atoms with Gasteiger partial charge < -0.3 is 13.9 Å². The van der Waals surface area contributed by atoms with Crippen molar-refractivity contribution < 1.29 is 18.7 Å². The molecule has 0 atom stereocenters. The molecule has 1 aromatic heterocycles. The fraction of sp³-hybridized carbons (Fsp3) is 0.294. The zero-order chi connectivity index (χ0) is 15.4. The molecule has 0 bridgehead atoms. The Morgan fingerprint density at radius 2 is 1.95 bits per heavy atom. The molecule has 5 nitrogen and oxygen atoms in total. The topological polar surface area (TPSA) is 65.7 Å². The van der Waals surface area contributed by atoms with Gasteiger partial charge in [0.1, 0.15) is 25.2 Å². The lowest BCUT2D eigenvalue weighted by Crippen LogP contribution is -2.10. The fourth-order valence-electron chi connectivity index (χ4n) is 1.93. The molecule has 1 heterocycles. The highest BCUT2D eigenvalue weighted by molar-refractivity contribution is 5.74. The second kappa shape index (κ2) is 6.47. The van der Waals surface area contributed by atoms with Crippen molar-refractivity contribution in [3.63, 3.8) is 0 Å². The van der Waals surface area contributed by atoms with Crippen LogP contribution in [0.3, 0.4) is 0 Å². The van der Waals surface area contributed by atoms with Crippen molar-refractivity contribution >= 4 is 5.97 Å². The first kappa shape index (κ1) is 14.4. The third kappa shape index (κ3) is 3.75. The van der Waals surface area contributed by atoms with Gasteiger partial charge in [0.15, 0.2) is 0 Å². The van der Waals surface area contributed by atoms with Gasteiger partial charge in [0.2, 0.25) is 11.2 Å². The van der Waals surface area contributed by atoms with Crippen LogP contribution in [0.1, 0.15) is 24.2 Å². The molecule has 1 aliphatic carbocycles. The van der Waals surface area contributed by atoms with E-state index in [-0.39, 0.29) is 29.7 Å². The van der Waals surface area contributed by atoms with E-state index < -0.39 is 0 Å². The number of esters is 1. The van der Waals surface area contributed by atoms with Crippen LogP contribution in [0.5, 0.6) is 5.75 Å². The third-order valence-electron chi connectivity index (χ3n) is 3.36. The maximum Gasteiger partial charge on any atom is 0.309 e. The number of rotatable bonds is 6. The van der Waals surface area contributed by atoms with Crippen LogP contribution in [0.15, 0.2) is 51.9 Å². The maximum atomic E-state index is 11.9. The van der Waals surface area contributed by atoms with Crippen LogP contribution < -0.4 is 10.2 Å². The van der Waals surface area contributed by atoms with Crippen molar-refractivity contribution in [1.82, 2.24) is 0 Å². The molecule has 2 aromatic rings. The van der Waals surface area contributed by atoms with E-state index in [1.807, 2.05) is 30.3 Å². The highest BCUT2D eigenvalue weighted by atomic mass is 16.5. The SMILES string of the molecule is O=C(OCc1cc(=O)c(OCc2ccccc2)co1)C1CC1. The first-order valence-corrected chi connectivity index (χ1v) is 7.17. The fourth-order valence-corrected chi connectivity index (χ4v) is 1.93. The lowest BCUT2D eigenvalue weighted by molar-refractivity contribution is -0.147. The van der Waals surface area contributed by atoms with E-state index in [4.69, 9.17) is 13.9 Å². The van der Waals surface area contributed by atoms with Crippen molar-refractivity contribution in [2.45, 2.75) is 26.1 Å². The summed E-state index contributed by atoms with van der Waals surface area (Å²) in [6.45, 7) is 0.269. The molecule has 3 rings (SSSR count). The second-order valence-electron chi connectivity index (χ2n) is 5.23. The summed E-state index contributed by atoms with van der Waals surface area (Å²) in [6.07, 6.45) is 3.02. The van der Waals surface area contributed by atoms with E-state index in [1.54, 1.807) is 0 Å². The molecule has 0 radical (unpaired) electrons. The monoisotopic (exact) mass is 300 g/mol. The Balaban J connectivity index is 1.57. The lowest BCUT2D eigenvalue weighted by atomic mass is 10.2. The van der Waals surface area contributed by atoms with Crippen molar-refractivity contribution in [2.24, 2.45) is 5.92 Å². The number of carbonyl (C=O) groups is 1. The van der Waals surface area contributed by atoms with Gasteiger partial charge in [-0.25, -0.2) is 0 Å². The number of carbonyl (C=O) groups excluding carboxylic acids is 1. The van der Waals surface area contributed by atoms with Gasteiger partial charge in [0.05, 0.1) is 5.92 Å². The minimum absolute atomic E-state index is 0.0243. The molecule has 22 heavy (non-hydrogen) atoms. The van der Waals surface area contributed by atoms with Crippen LogP contribution in [0.2, 0.25) is 0 Å². The minimum atomic E-state index is -0.292. The molecule has 0 aliphatic heterocycles. The molecule has 114 valence electrons. The molecular weight excluding hydrogens is 284 g/mol. The molecule has 1 saturated carbocycles. The highest BCUT2D eigenvalue weighted by Crippen LogP contribution is 2.30. The van der Waals surface area contributed by atoms with E-state index in [0.29, 0.717) is 12.4 Å². The Bertz CT molecular complexity index is 700.